The largest absolute Gasteiger partial charge is 0.356 e. The number of methoxy groups -OCH3 is 1. The van der Waals surface area contributed by atoms with E-state index in [-0.39, 0.29) is 11.7 Å². The molecular weight excluding hydrogens is 272 g/mol. The van der Waals surface area contributed by atoms with Gasteiger partial charge < -0.3 is 9.47 Å². The highest BCUT2D eigenvalue weighted by Crippen LogP contribution is 2.69. The van der Waals surface area contributed by atoms with Crippen LogP contribution in [0.25, 0.3) is 0 Å². The lowest BCUT2D eigenvalue weighted by Gasteiger charge is -2.62. The molecule has 2 nitrogen and oxygen atoms in total. The Hall–Kier alpha value is -0.340. The maximum Gasteiger partial charge on any atom is 0.161 e. The molecule has 124 valence electrons. The molecule has 3 aliphatic carbocycles. The summed E-state index contributed by atoms with van der Waals surface area (Å²) >= 11 is 0. The summed E-state index contributed by atoms with van der Waals surface area (Å²) in [4.78, 5) is 0. The molecule has 2 heteroatoms. The third kappa shape index (κ3) is 1.69. The molecule has 4 aliphatic rings. The fourth-order valence-electron chi connectivity index (χ4n) is 6.96. The van der Waals surface area contributed by atoms with E-state index in [0.717, 1.165) is 5.92 Å². The topological polar surface area (TPSA) is 18.5 Å². The summed E-state index contributed by atoms with van der Waals surface area (Å²) in [7, 11) is 1.82. The molecule has 0 aromatic heterocycles. The van der Waals surface area contributed by atoms with Crippen molar-refractivity contribution >= 4 is 0 Å². The predicted octanol–water partition coefficient (Wildman–Crippen LogP) is 4.94. The minimum absolute atomic E-state index is 0.00515. The first-order valence-corrected chi connectivity index (χ1v) is 9.23. The van der Waals surface area contributed by atoms with Gasteiger partial charge in [0.25, 0.3) is 0 Å². The number of hydrogen-bond acceptors (Lipinski definition) is 2. The van der Waals surface area contributed by atoms with Gasteiger partial charge in [0.2, 0.25) is 0 Å². The van der Waals surface area contributed by atoms with Crippen molar-refractivity contribution in [3.8, 4) is 0 Å². The van der Waals surface area contributed by atoms with E-state index < -0.39 is 0 Å². The van der Waals surface area contributed by atoms with Crippen molar-refractivity contribution in [1.29, 1.82) is 0 Å². The zero-order valence-electron chi connectivity index (χ0n) is 14.9. The molecule has 3 fully saturated rings. The third-order valence-electron chi connectivity index (χ3n) is 8.00. The van der Waals surface area contributed by atoms with Gasteiger partial charge in [0.15, 0.2) is 6.29 Å². The number of fused-ring (bicyclic) bond motifs is 2. The second-order valence-electron chi connectivity index (χ2n) is 9.36. The first-order valence-electron chi connectivity index (χ1n) is 9.23. The molecule has 4 rings (SSSR count). The van der Waals surface area contributed by atoms with E-state index in [4.69, 9.17) is 9.47 Å². The number of ether oxygens (including phenoxy) is 2. The quantitative estimate of drug-likeness (QED) is 0.639. The molecule has 1 saturated heterocycles. The monoisotopic (exact) mass is 304 g/mol. The van der Waals surface area contributed by atoms with Crippen LogP contribution < -0.4 is 0 Å². The first kappa shape index (κ1) is 15.2. The van der Waals surface area contributed by atoms with Crippen molar-refractivity contribution < 1.29 is 9.47 Å². The summed E-state index contributed by atoms with van der Waals surface area (Å²) in [5.74, 6) is 1.29. The standard InChI is InChI=1S/C20H32O2/c1-18(2)10-7-11-19(3)14-9-6-8-13-17(21-5)22-16(12-15(18)19)20(13,14)4/h9,13,15-17H,6-8,10-12H2,1-5H3/t13?,15-,16+,17?,19+,20-/m0/s1. The first-order chi connectivity index (χ1) is 10.3. The van der Waals surface area contributed by atoms with Gasteiger partial charge in [0.1, 0.15) is 0 Å². The van der Waals surface area contributed by atoms with Crippen molar-refractivity contribution in [1.82, 2.24) is 0 Å². The van der Waals surface area contributed by atoms with Gasteiger partial charge in [-0.05, 0) is 48.9 Å². The predicted molar refractivity (Wildman–Crippen MR) is 88.4 cm³/mol. The van der Waals surface area contributed by atoms with Crippen molar-refractivity contribution in [2.75, 3.05) is 7.11 Å². The molecular formula is C20H32O2. The molecule has 2 saturated carbocycles. The minimum atomic E-state index is 0.00515. The molecule has 0 amide bonds. The van der Waals surface area contributed by atoms with Crippen molar-refractivity contribution in [3.63, 3.8) is 0 Å². The van der Waals surface area contributed by atoms with Gasteiger partial charge in [-0.1, -0.05) is 45.8 Å². The maximum absolute atomic E-state index is 6.46. The molecule has 0 radical (unpaired) electrons. The maximum atomic E-state index is 6.46. The fraction of sp³-hybridized carbons (Fsp3) is 0.900. The second-order valence-corrected chi connectivity index (χ2v) is 9.36. The van der Waals surface area contributed by atoms with Gasteiger partial charge in [0, 0.05) is 18.4 Å². The normalized spacial score (nSPS) is 52.7. The van der Waals surface area contributed by atoms with E-state index in [0.29, 0.717) is 22.9 Å². The summed E-state index contributed by atoms with van der Waals surface area (Å²) in [6, 6.07) is 0. The van der Waals surface area contributed by atoms with Crippen LogP contribution >= 0.6 is 0 Å². The van der Waals surface area contributed by atoms with Crippen LogP contribution in [-0.2, 0) is 9.47 Å². The van der Waals surface area contributed by atoms with Crippen LogP contribution in [0.1, 0.15) is 66.2 Å². The van der Waals surface area contributed by atoms with Crippen molar-refractivity contribution in [2.45, 2.75) is 78.6 Å². The van der Waals surface area contributed by atoms with Crippen LogP contribution in [-0.4, -0.2) is 19.5 Å². The molecule has 0 aromatic carbocycles. The molecule has 2 unspecified atom stereocenters. The average Bonchev–Trinajstić information content (AvgIpc) is 2.73. The summed E-state index contributed by atoms with van der Waals surface area (Å²) in [5.41, 5.74) is 2.73. The van der Waals surface area contributed by atoms with E-state index in [2.05, 4.69) is 33.8 Å². The lowest BCUT2D eigenvalue weighted by Crippen LogP contribution is -2.56. The van der Waals surface area contributed by atoms with E-state index in [9.17, 15) is 0 Å². The van der Waals surface area contributed by atoms with Gasteiger partial charge in [-0.15, -0.1) is 0 Å². The van der Waals surface area contributed by atoms with E-state index >= 15 is 0 Å². The van der Waals surface area contributed by atoms with Gasteiger partial charge in [0.05, 0.1) is 6.10 Å². The number of allylic oxidation sites excluding steroid dienone is 1. The van der Waals surface area contributed by atoms with E-state index in [1.54, 1.807) is 5.57 Å². The molecule has 0 aromatic rings. The minimum Gasteiger partial charge on any atom is -0.356 e. The van der Waals surface area contributed by atoms with E-state index in [1.165, 1.54) is 38.5 Å². The number of hydrogen-bond donors (Lipinski definition) is 0. The molecule has 6 atom stereocenters. The molecule has 1 heterocycles. The zero-order chi connectivity index (χ0) is 15.8. The van der Waals surface area contributed by atoms with Crippen LogP contribution in [0.15, 0.2) is 11.6 Å². The zero-order valence-corrected chi connectivity index (χ0v) is 14.9. The van der Waals surface area contributed by atoms with Gasteiger partial charge in [-0.3, -0.25) is 0 Å². The Kier molecular flexibility index (Phi) is 3.18. The SMILES string of the molecule is COC1O[C@@H]2C[C@H]3C(C)(C)CCC[C@]3(C)C3=CCCC1[C@@]32C. The van der Waals surface area contributed by atoms with Crippen LogP contribution in [0.4, 0.5) is 0 Å². The Morgan fingerprint density at radius 3 is 2.68 bits per heavy atom. The fourth-order valence-corrected chi connectivity index (χ4v) is 6.96. The van der Waals surface area contributed by atoms with Crippen LogP contribution in [0.3, 0.4) is 0 Å². The Balaban J connectivity index is 1.83. The molecule has 22 heavy (non-hydrogen) atoms. The number of rotatable bonds is 1. The molecule has 1 aliphatic heterocycles. The van der Waals surface area contributed by atoms with Crippen LogP contribution in [0.5, 0.6) is 0 Å². The van der Waals surface area contributed by atoms with Crippen LogP contribution in [0, 0.1) is 28.1 Å². The second kappa shape index (κ2) is 4.60. The third-order valence-corrected chi connectivity index (χ3v) is 8.00. The Labute approximate surface area is 135 Å². The van der Waals surface area contributed by atoms with Gasteiger partial charge >= 0.3 is 0 Å². The lowest BCUT2D eigenvalue weighted by molar-refractivity contribution is -0.147. The average molecular weight is 304 g/mol. The molecule has 0 bridgehead atoms. The van der Waals surface area contributed by atoms with Gasteiger partial charge in [-0.2, -0.15) is 0 Å². The van der Waals surface area contributed by atoms with Crippen molar-refractivity contribution in [2.24, 2.45) is 28.1 Å². The van der Waals surface area contributed by atoms with Crippen molar-refractivity contribution in [3.05, 3.63) is 11.6 Å². The molecule has 0 spiro atoms. The summed E-state index contributed by atoms with van der Waals surface area (Å²) in [6.07, 6.45) is 10.7. The highest BCUT2D eigenvalue weighted by Gasteiger charge is 2.66. The summed E-state index contributed by atoms with van der Waals surface area (Å²) in [5, 5.41) is 0. The summed E-state index contributed by atoms with van der Waals surface area (Å²) in [6.45, 7) is 10.0. The summed E-state index contributed by atoms with van der Waals surface area (Å²) < 4.78 is 12.2. The highest BCUT2D eigenvalue weighted by atomic mass is 16.7. The van der Waals surface area contributed by atoms with E-state index in [1.807, 2.05) is 7.11 Å². The van der Waals surface area contributed by atoms with Gasteiger partial charge in [-0.25, -0.2) is 0 Å². The lowest BCUT2D eigenvalue weighted by atomic mass is 9.42. The smallest absolute Gasteiger partial charge is 0.161 e. The Bertz CT molecular complexity index is 508. The highest BCUT2D eigenvalue weighted by molar-refractivity contribution is 5.34. The molecule has 0 N–H and O–H groups in total. The Morgan fingerprint density at radius 2 is 1.95 bits per heavy atom. The van der Waals surface area contributed by atoms with Crippen LogP contribution in [0.2, 0.25) is 0 Å². The Morgan fingerprint density at radius 1 is 1.18 bits per heavy atom.